The first-order chi connectivity index (χ1) is 13.0. The van der Waals surface area contributed by atoms with Crippen molar-refractivity contribution >= 4 is 28.5 Å². The quantitative estimate of drug-likeness (QED) is 0.638. The van der Waals surface area contributed by atoms with Crippen LogP contribution in [-0.4, -0.2) is 28.3 Å². The van der Waals surface area contributed by atoms with Crippen molar-refractivity contribution in [3.8, 4) is 6.07 Å². The van der Waals surface area contributed by atoms with Gasteiger partial charge in [0.25, 0.3) is 5.91 Å². The number of rotatable bonds is 5. The summed E-state index contributed by atoms with van der Waals surface area (Å²) in [6.45, 7) is 0.341. The molecule has 0 atom stereocenters. The number of hydrogen-bond donors (Lipinski definition) is 3. The molecule has 8 nitrogen and oxygen atoms in total. The summed E-state index contributed by atoms with van der Waals surface area (Å²) in [5.74, 6) is -1.33. The van der Waals surface area contributed by atoms with Gasteiger partial charge in [0, 0.05) is 11.9 Å². The molecule has 0 fully saturated rings. The molecule has 136 valence electrons. The molecule has 0 saturated carbocycles. The molecule has 0 bridgehead atoms. The Labute approximate surface area is 153 Å². The van der Waals surface area contributed by atoms with Crippen LogP contribution < -0.4 is 16.4 Å². The van der Waals surface area contributed by atoms with Crippen molar-refractivity contribution in [2.75, 3.05) is 11.9 Å². The zero-order valence-corrected chi connectivity index (χ0v) is 14.1. The minimum Gasteiger partial charge on any atom is -0.364 e. The second-order valence-electron chi connectivity index (χ2n) is 5.64. The minimum absolute atomic E-state index is 0.0471. The van der Waals surface area contributed by atoms with Crippen LogP contribution in [0.15, 0.2) is 42.5 Å². The van der Waals surface area contributed by atoms with Crippen LogP contribution in [0, 0.1) is 17.1 Å². The number of amides is 3. The third-order valence-electron chi connectivity index (χ3n) is 3.83. The molecule has 4 N–H and O–H groups in total. The Kier molecular flexibility index (Phi) is 4.99. The van der Waals surface area contributed by atoms with Gasteiger partial charge in [-0.3, -0.25) is 9.48 Å². The fourth-order valence-corrected chi connectivity index (χ4v) is 2.63. The van der Waals surface area contributed by atoms with Gasteiger partial charge in [0.15, 0.2) is 0 Å². The van der Waals surface area contributed by atoms with Gasteiger partial charge in [-0.25, -0.2) is 9.18 Å². The summed E-state index contributed by atoms with van der Waals surface area (Å²) < 4.78 is 15.2. The molecule has 0 saturated heterocycles. The number of benzene rings is 2. The molecule has 27 heavy (non-hydrogen) atoms. The molecule has 9 heteroatoms. The molecule has 0 aliphatic rings. The lowest BCUT2D eigenvalue weighted by Gasteiger charge is -2.09. The van der Waals surface area contributed by atoms with E-state index in [1.165, 1.54) is 16.8 Å². The van der Waals surface area contributed by atoms with Crippen molar-refractivity contribution in [1.29, 1.82) is 5.26 Å². The van der Waals surface area contributed by atoms with E-state index in [4.69, 9.17) is 11.0 Å². The summed E-state index contributed by atoms with van der Waals surface area (Å²) >= 11 is 0. The van der Waals surface area contributed by atoms with Crippen LogP contribution in [0.5, 0.6) is 0 Å². The number of hydrogen-bond acceptors (Lipinski definition) is 4. The normalized spacial score (nSPS) is 10.4. The van der Waals surface area contributed by atoms with Crippen molar-refractivity contribution in [3.63, 3.8) is 0 Å². The molecule has 3 aromatic rings. The summed E-state index contributed by atoms with van der Waals surface area (Å²) in [5.41, 5.74) is 6.42. The van der Waals surface area contributed by atoms with Crippen LogP contribution >= 0.6 is 0 Å². The number of fused-ring (bicyclic) bond motifs is 1. The molecule has 0 radical (unpaired) electrons. The Hall–Kier alpha value is -3.93. The van der Waals surface area contributed by atoms with Crippen LogP contribution in [-0.2, 0) is 6.54 Å². The van der Waals surface area contributed by atoms with Crippen molar-refractivity contribution < 1.29 is 14.0 Å². The van der Waals surface area contributed by atoms with Crippen molar-refractivity contribution in [2.24, 2.45) is 5.73 Å². The summed E-state index contributed by atoms with van der Waals surface area (Å²) in [5, 5.41) is 18.6. The number of nitriles is 1. The summed E-state index contributed by atoms with van der Waals surface area (Å²) in [4.78, 5) is 23.6. The van der Waals surface area contributed by atoms with Crippen molar-refractivity contribution in [2.45, 2.75) is 6.54 Å². The molecule has 0 aliphatic heterocycles. The largest absolute Gasteiger partial charge is 0.364 e. The average Bonchev–Trinajstić information content (AvgIpc) is 3.01. The third-order valence-corrected chi connectivity index (χ3v) is 3.83. The van der Waals surface area contributed by atoms with E-state index in [-0.39, 0.29) is 30.0 Å². The average molecular weight is 366 g/mol. The number of carbonyl (C=O) groups is 2. The minimum atomic E-state index is -0.710. The highest BCUT2D eigenvalue weighted by Crippen LogP contribution is 2.18. The highest BCUT2D eigenvalue weighted by atomic mass is 19.1. The topological polar surface area (TPSA) is 126 Å². The zero-order chi connectivity index (χ0) is 19.4. The van der Waals surface area contributed by atoms with Crippen LogP contribution in [0.1, 0.15) is 16.1 Å². The third kappa shape index (κ3) is 3.85. The molecular weight excluding hydrogens is 351 g/mol. The van der Waals surface area contributed by atoms with E-state index in [1.807, 2.05) is 6.07 Å². The van der Waals surface area contributed by atoms with Gasteiger partial charge >= 0.3 is 6.03 Å². The maximum atomic E-state index is 13.8. The fraction of sp³-hybridized carbons (Fsp3) is 0.111. The van der Waals surface area contributed by atoms with E-state index in [9.17, 15) is 14.0 Å². The van der Waals surface area contributed by atoms with E-state index >= 15 is 0 Å². The van der Waals surface area contributed by atoms with Crippen molar-refractivity contribution in [3.05, 3.63) is 59.5 Å². The van der Waals surface area contributed by atoms with Gasteiger partial charge in [-0.2, -0.15) is 10.4 Å². The molecule has 1 aromatic heterocycles. The molecule has 0 spiro atoms. The maximum Gasteiger partial charge on any atom is 0.319 e. The Morgan fingerprint density at radius 3 is 2.74 bits per heavy atom. The molecule has 2 aromatic carbocycles. The van der Waals surface area contributed by atoms with E-state index in [2.05, 4.69) is 15.7 Å². The molecular formula is C18H15FN6O2. The number of halogens is 1. The van der Waals surface area contributed by atoms with Crippen LogP contribution in [0.2, 0.25) is 0 Å². The van der Waals surface area contributed by atoms with Gasteiger partial charge in [-0.15, -0.1) is 0 Å². The number of carbonyl (C=O) groups excluding carboxylic acids is 2. The number of urea groups is 1. The monoisotopic (exact) mass is 366 g/mol. The summed E-state index contributed by atoms with van der Waals surface area (Å²) in [7, 11) is 0. The van der Waals surface area contributed by atoms with Gasteiger partial charge in [0.2, 0.25) is 0 Å². The summed E-state index contributed by atoms with van der Waals surface area (Å²) in [6, 6.07) is 12.0. The number of anilines is 1. The number of nitrogens with zero attached hydrogens (tertiary/aromatic N) is 3. The molecule has 3 amide bonds. The summed E-state index contributed by atoms with van der Waals surface area (Å²) in [6.07, 6.45) is 0. The Balaban J connectivity index is 1.64. The van der Waals surface area contributed by atoms with Crippen LogP contribution in [0.25, 0.3) is 10.9 Å². The van der Waals surface area contributed by atoms with Gasteiger partial charge < -0.3 is 16.4 Å². The number of aromatic nitrogens is 2. The highest BCUT2D eigenvalue weighted by molar-refractivity contribution is 6.04. The predicted molar refractivity (Wildman–Crippen MR) is 96.4 cm³/mol. The number of primary amides is 1. The first-order valence-electron chi connectivity index (χ1n) is 7.99. The van der Waals surface area contributed by atoms with Crippen molar-refractivity contribution in [1.82, 2.24) is 15.1 Å². The molecule has 0 aliphatic carbocycles. The number of nitrogens with two attached hydrogens (primary N) is 1. The van der Waals surface area contributed by atoms with E-state index in [1.54, 1.807) is 24.3 Å². The van der Waals surface area contributed by atoms with Gasteiger partial charge in [0.05, 0.1) is 29.4 Å². The van der Waals surface area contributed by atoms with E-state index in [0.29, 0.717) is 10.9 Å². The van der Waals surface area contributed by atoms with E-state index < -0.39 is 17.8 Å². The lowest BCUT2D eigenvalue weighted by atomic mass is 10.2. The Morgan fingerprint density at radius 1 is 1.26 bits per heavy atom. The van der Waals surface area contributed by atoms with Gasteiger partial charge in [-0.1, -0.05) is 18.2 Å². The van der Waals surface area contributed by atoms with Gasteiger partial charge in [-0.05, 0) is 24.3 Å². The molecule has 1 heterocycles. The second-order valence-corrected chi connectivity index (χ2v) is 5.64. The first kappa shape index (κ1) is 17.9. The van der Waals surface area contributed by atoms with Crippen LogP contribution in [0.4, 0.5) is 14.9 Å². The first-order valence-corrected chi connectivity index (χ1v) is 7.99. The molecule has 0 unspecified atom stereocenters. The lowest BCUT2D eigenvalue weighted by molar-refractivity contribution is 0.0991. The molecule has 3 rings (SSSR count). The smallest absolute Gasteiger partial charge is 0.319 e. The van der Waals surface area contributed by atoms with Gasteiger partial charge in [0.1, 0.15) is 11.5 Å². The van der Waals surface area contributed by atoms with E-state index in [0.717, 1.165) is 6.07 Å². The Bertz CT molecular complexity index is 1070. The van der Waals surface area contributed by atoms with Crippen LogP contribution in [0.3, 0.4) is 0 Å². The lowest BCUT2D eigenvalue weighted by Crippen LogP contribution is -2.32. The highest BCUT2D eigenvalue weighted by Gasteiger charge is 2.15. The SMILES string of the molecule is N#Cc1ccc(NC(=O)NCCn2nc3ccccc3c2C(N)=O)c(F)c1. The number of nitrogens with one attached hydrogen (secondary N) is 2. The standard InChI is InChI=1S/C18H15FN6O2/c19-13-9-11(10-20)5-6-15(13)23-18(27)22-7-8-25-16(17(21)26)12-3-1-2-4-14(12)24-25/h1-6,9H,7-8H2,(H2,21,26)(H2,22,23,27). The fourth-order valence-electron chi connectivity index (χ4n) is 2.63. The second kappa shape index (κ2) is 7.53. The predicted octanol–water partition coefficient (Wildman–Crippen LogP) is 1.97. The Morgan fingerprint density at radius 2 is 2.04 bits per heavy atom. The zero-order valence-electron chi connectivity index (χ0n) is 14.1. The maximum absolute atomic E-state index is 13.8.